The molecule has 1 N–H and O–H groups in total. The first-order valence-electron chi connectivity index (χ1n) is 8.86. The van der Waals surface area contributed by atoms with Crippen LogP contribution in [0, 0.1) is 18.6 Å². The fraction of sp³-hybridized carbons (Fsp3) is 0.421. The van der Waals surface area contributed by atoms with Crippen LogP contribution in [0.5, 0.6) is 0 Å². The molecular formula is C19H22F2N4O. The highest BCUT2D eigenvalue weighted by molar-refractivity contribution is 5.93. The second-order valence-electron chi connectivity index (χ2n) is 6.52. The Morgan fingerprint density at radius 3 is 2.81 bits per heavy atom. The molecule has 2 heterocycles. The van der Waals surface area contributed by atoms with Crippen LogP contribution in [-0.4, -0.2) is 33.4 Å². The van der Waals surface area contributed by atoms with Crippen LogP contribution in [0.15, 0.2) is 24.3 Å². The van der Waals surface area contributed by atoms with Gasteiger partial charge in [-0.2, -0.15) is 0 Å². The first-order chi connectivity index (χ1) is 12.5. The van der Waals surface area contributed by atoms with Crippen molar-refractivity contribution in [3.05, 3.63) is 47.3 Å². The van der Waals surface area contributed by atoms with Crippen molar-refractivity contribution in [3.8, 4) is 0 Å². The van der Waals surface area contributed by atoms with Gasteiger partial charge in [0, 0.05) is 24.3 Å². The lowest BCUT2D eigenvalue weighted by molar-refractivity contribution is 0.0602. The van der Waals surface area contributed by atoms with Gasteiger partial charge in [-0.05, 0) is 50.8 Å². The highest BCUT2D eigenvalue weighted by Crippen LogP contribution is 2.23. The lowest BCUT2D eigenvalue weighted by Gasteiger charge is -2.35. The van der Waals surface area contributed by atoms with Crippen molar-refractivity contribution in [1.82, 2.24) is 14.9 Å². The number of likely N-dealkylation sites (tertiary alicyclic amines) is 1. The highest BCUT2D eigenvalue weighted by Gasteiger charge is 2.27. The molecule has 5 nitrogen and oxygen atoms in total. The van der Waals surface area contributed by atoms with Crippen LogP contribution in [0.2, 0.25) is 0 Å². The van der Waals surface area contributed by atoms with Gasteiger partial charge in [0.2, 0.25) is 5.95 Å². The second-order valence-corrected chi connectivity index (χ2v) is 6.52. The van der Waals surface area contributed by atoms with Crippen LogP contribution in [0.3, 0.4) is 0 Å². The third-order valence-electron chi connectivity index (χ3n) is 4.61. The molecule has 0 spiro atoms. The van der Waals surface area contributed by atoms with E-state index < -0.39 is 11.6 Å². The van der Waals surface area contributed by atoms with E-state index in [1.54, 1.807) is 13.0 Å². The molecule has 1 aromatic heterocycles. The van der Waals surface area contributed by atoms with Gasteiger partial charge in [-0.25, -0.2) is 18.7 Å². The predicted octanol–water partition coefficient (Wildman–Crippen LogP) is 4.21. The van der Waals surface area contributed by atoms with Gasteiger partial charge in [-0.3, -0.25) is 4.79 Å². The Bertz CT molecular complexity index is 812. The molecule has 1 unspecified atom stereocenters. The molecule has 1 fully saturated rings. The van der Waals surface area contributed by atoms with Crippen LogP contribution in [-0.2, 0) is 0 Å². The number of benzene rings is 1. The number of aryl methyl sites for hydroxylation is 1. The van der Waals surface area contributed by atoms with Crippen molar-refractivity contribution in [2.24, 2.45) is 0 Å². The molecule has 26 heavy (non-hydrogen) atoms. The van der Waals surface area contributed by atoms with Crippen molar-refractivity contribution >= 4 is 17.5 Å². The number of nitrogens with zero attached hydrogens (tertiary/aromatic N) is 3. The fourth-order valence-corrected chi connectivity index (χ4v) is 3.28. The van der Waals surface area contributed by atoms with Gasteiger partial charge in [0.05, 0.1) is 5.69 Å². The molecule has 1 amide bonds. The molecule has 1 saturated heterocycles. The van der Waals surface area contributed by atoms with Crippen LogP contribution in [0.4, 0.5) is 20.4 Å². The molecule has 0 bridgehead atoms. The van der Waals surface area contributed by atoms with Crippen LogP contribution >= 0.6 is 0 Å². The molecule has 1 aliphatic rings. The van der Waals surface area contributed by atoms with E-state index in [0.29, 0.717) is 5.69 Å². The highest BCUT2D eigenvalue weighted by atomic mass is 19.1. The molecule has 138 valence electrons. The maximum Gasteiger partial charge on any atom is 0.272 e. The average molecular weight is 360 g/mol. The minimum atomic E-state index is -0.745. The van der Waals surface area contributed by atoms with Gasteiger partial charge in [0.1, 0.15) is 17.3 Å². The number of carbonyl (C=O) groups excluding carboxylic acids is 1. The molecular weight excluding hydrogens is 338 g/mol. The summed E-state index contributed by atoms with van der Waals surface area (Å²) in [6.07, 6.45) is 4.01. The van der Waals surface area contributed by atoms with E-state index in [2.05, 4.69) is 22.2 Å². The van der Waals surface area contributed by atoms with Gasteiger partial charge < -0.3 is 10.2 Å². The second kappa shape index (κ2) is 7.76. The Labute approximate surface area is 151 Å². The topological polar surface area (TPSA) is 58.1 Å². The molecule has 0 radical (unpaired) electrons. The number of nitrogens with one attached hydrogen (secondary N) is 1. The zero-order valence-corrected chi connectivity index (χ0v) is 14.9. The van der Waals surface area contributed by atoms with E-state index in [9.17, 15) is 13.6 Å². The van der Waals surface area contributed by atoms with Gasteiger partial charge in [-0.15, -0.1) is 0 Å². The zero-order valence-electron chi connectivity index (χ0n) is 14.9. The number of hydrogen-bond acceptors (Lipinski definition) is 4. The Kier molecular flexibility index (Phi) is 5.44. The van der Waals surface area contributed by atoms with Crippen LogP contribution in [0.1, 0.15) is 48.8 Å². The largest absolute Gasteiger partial charge is 0.334 e. The number of carbonyl (C=O) groups is 1. The van der Waals surface area contributed by atoms with Crippen molar-refractivity contribution < 1.29 is 13.6 Å². The number of halogens is 2. The molecule has 0 aliphatic carbocycles. The lowest BCUT2D eigenvalue weighted by atomic mass is 9.99. The molecule has 1 aromatic carbocycles. The SMILES string of the molecule is CCC1CCCCN1C(=O)c1cc(C)nc(Nc2ccc(F)cc2F)n1. The minimum Gasteiger partial charge on any atom is -0.334 e. The summed E-state index contributed by atoms with van der Waals surface area (Å²) in [5.74, 6) is -1.43. The van der Waals surface area contributed by atoms with E-state index in [1.807, 2.05) is 4.90 Å². The summed E-state index contributed by atoms with van der Waals surface area (Å²) in [5, 5.41) is 2.73. The van der Waals surface area contributed by atoms with E-state index in [4.69, 9.17) is 0 Å². The standard InChI is InChI=1S/C19H22F2N4O/c1-3-14-6-4-5-9-25(14)18(26)17-10-12(2)22-19(24-17)23-16-8-7-13(20)11-15(16)21/h7-8,10-11,14H,3-6,9H2,1-2H3,(H,22,23,24). The van der Waals surface area contributed by atoms with Gasteiger partial charge in [0.25, 0.3) is 5.91 Å². The summed E-state index contributed by atoms with van der Waals surface area (Å²) < 4.78 is 26.9. The van der Waals surface area contributed by atoms with Gasteiger partial charge in [-0.1, -0.05) is 6.92 Å². The van der Waals surface area contributed by atoms with E-state index >= 15 is 0 Å². The molecule has 0 saturated carbocycles. The summed E-state index contributed by atoms with van der Waals surface area (Å²) in [4.78, 5) is 23.3. The fourth-order valence-electron chi connectivity index (χ4n) is 3.28. The third kappa shape index (κ3) is 3.98. The zero-order chi connectivity index (χ0) is 18.7. The first kappa shape index (κ1) is 18.2. The summed E-state index contributed by atoms with van der Waals surface area (Å²) in [6, 6.07) is 5.06. The Hall–Kier alpha value is -2.57. The number of piperidine rings is 1. The van der Waals surface area contributed by atoms with Crippen LogP contribution < -0.4 is 5.32 Å². The maximum absolute atomic E-state index is 13.9. The molecule has 3 rings (SSSR count). The molecule has 1 atom stereocenters. The number of hydrogen-bond donors (Lipinski definition) is 1. The van der Waals surface area contributed by atoms with Crippen molar-refractivity contribution in [3.63, 3.8) is 0 Å². The summed E-state index contributed by atoms with van der Waals surface area (Å²) in [7, 11) is 0. The van der Waals surface area contributed by atoms with Crippen molar-refractivity contribution in [2.45, 2.75) is 45.6 Å². The van der Waals surface area contributed by atoms with E-state index in [1.165, 1.54) is 6.07 Å². The third-order valence-corrected chi connectivity index (χ3v) is 4.61. The van der Waals surface area contributed by atoms with Crippen LogP contribution in [0.25, 0.3) is 0 Å². The number of anilines is 2. The van der Waals surface area contributed by atoms with Crippen molar-refractivity contribution in [2.75, 3.05) is 11.9 Å². The molecule has 7 heteroatoms. The van der Waals surface area contributed by atoms with Crippen molar-refractivity contribution in [1.29, 1.82) is 0 Å². The summed E-state index contributed by atoms with van der Waals surface area (Å²) >= 11 is 0. The quantitative estimate of drug-likeness (QED) is 0.887. The smallest absolute Gasteiger partial charge is 0.272 e. The van der Waals surface area contributed by atoms with E-state index in [-0.39, 0.29) is 29.3 Å². The maximum atomic E-state index is 13.9. The first-order valence-corrected chi connectivity index (χ1v) is 8.86. The Balaban J connectivity index is 1.86. The van der Waals surface area contributed by atoms with E-state index in [0.717, 1.165) is 44.4 Å². The number of amides is 1. The summed E-state index contributed by atoms with van der Waals surface area (Å²) in [6.45, 7) is 4.54. The van der Waals surface area contributed by atoms with Gasteiger partial charge >= 0.3 is 0 Å². The monoisotopic (exact) mass is 360 g/mol. The summed E-state index contributed by atoms with van der Waals surface area (Å²) in [5.41, 5.74) is 0.932. The normalized spacial score (nSPS) is 17.2. The Morgan fingerprint density at radius 2 is 2.08 bits per heavy atom. The molecule has 1 aliphatic heterocycles. The minimum absolute atomic E-state index is 0.0554. The number of rotatable bonds is 4. The predicted molar refractivity (Wildman–Crippen MR) is 95.4 cm³/mol. The van der Waals surface area contributed by atoms with Gasteiger partial charge in [0.15, 0.2) is 0 Å². The Morgan fingerprint density at radius 1 is 1.27 bits per heavy atom. The number of aromatic nitrogens is 2. The average Bonchev–Trinajstić information content (AvgIpc) is 2.63. The molecule has 2 aromatic rings. The lowest BCUT2D eigenvalue weighted by Crippen LogP contribution is -2.43.